The lowest BCUT2D eigenvalue weighted by atomic mass is 10.2. The smallest absolute Gasteiger partial charge is 0.271 e. The van der Waals surface area contributed by atoms with Gasteiger partial charge in [-0.25, -0.2) is 10.4 Å². The number of aromatic nitrogens is 2. The Bertz CT molecular complexity index is 808. The first-order valence-corrected chi connectivity index (χ1v) is 6.62. The van der Waals surface area contributed by atoms with Crippen LogP contribution in [0.25, 0.3) is 11.0 Å². The lowest BCUT2D eigenvalue weighted by molar-refractivity contribution is 0.0955. The summed E-state index contributed by atoms with van der Waals surface area (Å²) in [6.45, 7) is 0. The molecule has 104 valence electrons. The van der Waals surface area contributed by atoms with Crippen LogP contribution in [0.4, 0.5) is 0 Å². The Labute approximate surface area is 125 Å². The SMILES string of the molecule is O=C(NN=Cc1ccc(Cl)cc1)c1ccc2nc[nH]c2c1. The van der Waals surface area contributed by atoms with E-state index >= 15 is 0 Å². The third-order valence-corrected chi connectivity index (χ3v) is 3.18. The number of H-pyrrole nitrogens is 1. The average Bonchev–Trinajstić information content (AvgIpc) is 2.96. The van der Waals surface area contributed by atoms with Crippen molar-refractivity contribution in [3.8, 4) is 0 Å². The van der Waals surface area contributed by atoms with E-state index in [9.17, 15) is 4.79 Å². The number of hydrogen-bond acceptors (Lipinski definition) is 3. The first kappa shape index (κ1) is 13.3. The molecule has 0 unspecified atom stereocenters. The van der Waals surface area contributed by atoms with Gasteiger partial charge in [0.15, 0.2) is 0 Å². The van der Waals surface area contributed by atoms with E-state index in [2.05, 4.69) is 20.5 Å². The van der Waals surface area contributed by atoms with Gasteiger partial charge in [0.25, 0.3) is 5.91 Å². The lowest BCUT2D eigenvalue weighted by Crippen LogP contribution is -2.17. The molecule has 0 saturated heterocycles. The number of halogens is 1. The summed E-state index contributed by atoms with van der Waals surface area (Å²) in [4.78, 5) is 19.0. The molecule has 0 spiro atoms. The van der Waals surface area contributed by atoms with Gasteiger partial charge in [0.2, 0.25) is 0 Å². The Kier molecular flexibility index (Phi) is 3.66. The minimum Gasteiger partial charge on any atom is -0.345 e. The van der Waals surface area contributed by atoms with Crippen LogP contribution in [0.1, 0.15) is 15.9 Å². The van der Waals surface area contributed by atoms with Crippen molar-refractivity contribution in [3.05, 3.63) is 64.9 Å². The van der Waals surface area contributed by atoms with Gasteiger partial charge in [-0.3, -0.25) is 4.79 Å². The van der Waals surface area contributed by atoms with Gasteiger partial charge in [-0.2, -0.15) is 5.10 Å². The fraction of sp³-hybridized carbons (Fsp3) is 0. The van der Waals surface area contributed by atoms with Crippen LogP contribution in [0, 0.1) is 0 Å². The predicted molar refractivity (Wildman–Crippen MR) is 82.6 cm³/mol. The van der Waals surface area contributed by atoms with E-state index in [1.165, 1.54) is 0 Å². The minimum absolute atomic E-state index is 0.281. The highest BCUT2D eigenvalue weighted by Gasteiger charge is 2.05. The van der Waals surface area contributed by atoms with Crippen LogP contribution < -0.4 is 5.43 Å². The summed E-state index contributed by atoms with van der Waals surface area (Å²) >= 11 is 5.79. The van der Waals surface area contributed by atoms with E-state index in [-0.39, 0.29) is 5.91 Å². The zero-order chi connectivity index (χ0) is 14.7. The first-order valence-electron chi connectivity index (χ1n) is 6.24. The van der Waals surface area contributed by atoms with Gasteiger partial charge >= 0.3 is 0 Å². The van der Waals surface area contributed by atoms with E-state index in [1.54, 1.807) is 42.9 Å². The fourth-order valence-corrected chi connectivity index (χ4v) is 1.98. The number of carbonyl (C=O) groups excluding carboxylic acids is 1. The summed E-state index contributed by atoms with van der Waals surface area (Å²) in [5, 5.41) is 4.58. The maximum Gasteiger partial charge on any atom is 0.271 e. The largest absolute Gasteiger partial charge is 0.345 e. The van der Waals surface area contributed by atoms with E-state index in [4.69, 9.17) is 11.6 Å². The molecule has 2 aromatic carbocycles. The number of fused-ring (bicyclic) bond motifs is 1. The molecule has 1 amide bonds. The molecule has 1 aromatic heterocycles. The number of imidazole rings is 1. The van der Waals surface area contributed by atoms with Crippen molar-refractivity contribution in [2.24, 2.45) is 5.10 Å². The molecule has 21 heavy (non-hydrogen) atoms. The number of benzene rings is 2. The maximum absolute atomic E-state index is 12.0. The molecule has 1 heterocycles. The number of nitrogens with zero attached hydrogens (tertiary/aromatic N) is 2. The van der Waals surface area contributed by atoms with Gasteiger partial charge in [-0.1, -0.05) is 23.7 Å². The number of nitrogens with one attached hydrogen (secondary N) is 2. The molecular weight excluding hydrogens is 288 g/mol. The molecule has 6 heteroatoms. The molecule has 5 nitrogen and oxygen atoms in total. The number of rotatable bonds is 3. The van der Waals surface area contributed by atoms with Gasteiger partial charge in [0.05, 0.1) is 23.6 Å². The molecule has 0 radical (unpaired) electrons. The van der Waals surface area contributed by atoms with Crippen molar-refractivity contribution in [2.45, 2.75) is 0 Å². The van der Waals surface area contributed by atoms with Crippen LogP contribution in [-0.4, -0.2) is 22.1 Å². The topological polar surface area (TPSA) is 70.1 Å². The van der Waals surface area contributed by atoms with Crippen molar-refractivity contribution in [1.82, 2.24) is 15.4 Å². The van der Waals surface area contributed by atoms with E-state index in [1.807, 2.05) is 12.1 Å². The summed E-state index contributed by atoms with van der Waals surface area (Å²) in [6.07, 6.45) is 3.15. The van der Waals surface area contributed by atoms with Crippen LogP contribution in [0.5, 0.6) is 0 Å². The Balaban J connectivity index is 1.69. The normalized spacial score (nSPS) is 11.1. The summed E-state index contributed by atoms with van der Waals surface area (Å²) in [5.41, 5.74) is 5.47. The number of hydrogen-bond donors (Lipinski definition) is 2. The minimum atomic E-state index is -0.281. The van der Waals surface area contributed by atoms with Gasteiger partial charge in [-0.15, -0.1) is 0 Å². The molecule has 2 N–H and O–H groups in total. The Morgan fingerprint density at radius 3 is 2.86 bits per heavy atom. The molecule has 0 aliphatic carbocycles. The first-order chi connectivity index (χ1) is 10.2. The second-order valence-electron chi connectivity index (χ2n) is 4.39. The van der Waals surface area contributed by atoms with Gasteiger partial charge in [-0.05, 0) is 35.9 Å². The quantitative estimate of drug-likeness (QED) is 0.576. The van der Waals surface area contributed by atoms with Crippen LogP contribution in [0.2, 0.25) is 5.02 Å². The van der Waals surface area contributed by atoms with Crippen LogP contribution >= 0.6 is 11.6 Å². The third kappa shape index (κ3) is 3.09. The molecule has 0 aliphatic heterocycles. The van der Waals surface area contributed by atoms with Crippen molar-refractivity contribution < 1.29 is 4.79 Å². The second kappa shape index (κ2) is 5.76. The number of hydrazone groups is 1. The molecular formula is C15H11ClN4O. The zero-order valence-corrected chi connectivity index (χ0v) is 11.6. The Hall–Kier alpha value is -2.66. The number of aromatic amines is 1. The zero-order valence-electron chi connectivity index (χ0n) is 10.9. The fourth-order valence-electron chi connectivity index (χ4n) is 1.86. The predicted octanol–water partition coefficient (Wildman–Crippen LogP) is 2.98. The maximum atomic E-state index is 12.0. The van der Waals surface area contributed by atoms with Gasteiger partial charge in [0, 0.05) is 10.6 Å². The number of carbonyl (C=O) groups is 1. The van der Waals surface area contributed by atoms with E-state index in [0.717, 1.165) is 16.6 Å². The van der Waals surface area contributed by atoms with Gasteiger partial charge < -0.3 is 4.98 Å². The molecule has 0 saturated carbocycles. The highest BCUT2D eigenvalue weighted by molar-refractivity contribution is 6.30. The van der Waals surface area contributed by atoms with E-state index in [0.29, 0.717) is 10.6 Å². The molecule has 3 rings (SSSR count). The van der Waals surface area contributed by atoms with E-state index < -0.39 is 0 Å². The monoisotopic (exact) mass is 298 g/mol. The number of amides is 1. The van der Waals surface area contributed by atoms with Crippen molar-refractivity contribution >= 4 is 34.8 Å². The Morgan fingerprint density at radius 1 is 1.24 bits per heavy atom. The van der Waals surface area contributed by atoms with Crippen molar-refractivity contribution in [1.29, 1.82) is 0 Å². The average molecular weight is 299 g/mol. The van der Waals surface area contributed by atoms with Crippen molar-refractivity contribution in [2.75, 3.05) is 0 Å². The standard InChI is InChI=1S/C15H11ClN4O/c16-12-4-1-10(2-5-12)8-19-20-15(21)11-3-6-13-14(7-11)18-9-17-13/h1-9H,(H,17,18)(H,20,21). The second-order valence-corrected chi connectivity index (χ2v) is 4.82. The highest BCUT2D eigenvalue weighted by Crippen LogP contribution is 2.11. The molecule has 3 aromatic rings. The van der Waals surface area contributed by atoms with Crippen molar-refractivity contribution in [3.63, 3.8) is 0 Å². The van der Waals surface area contributed by atoms with Crippen LogP contribution in [0.15, 0.2) is 53.9 Å². The summed E-state index contributed by atoms with van der Waals surface area (Å²) in [5.74, 6) is -0.281. The molecule has 0 fully saturated rings. The lowest BCUT2D eigenvalue weighted by Gasteiger charge is -2.00. The molecule has 0 bridgehead atoms. The van der Waals surface area contributed by atoms with Crippen LogP contribution in [0.3, 0.4) is 0 Å². The highest BCUT2D eigenvalue weighted by atomic mass is 35.5. The van der Waals surface area contributed by atoms with Gasteiger partial charge in [0.1, 0.15) is 0 Å². The Morgan fingerprint density at radius 2 is 2.05 bits per heavy atom. The molecule has 0 atom stereocenters. The third-order valence-electron chi connectivity index (χ3n) is 2.93. The molecule has 0 aliphatic rings. The summed E-state index contributed by atoms with van der Waals surface area (Å²) < 4.78 is 0. The summed E-state index contributed by atoms with van der Waals surface area (Å²) in [7, 11) is 0. The van der Waals surface area contributed by atoms with Crippen LogP contribution in [-0.2, 0) is 0 Å². The summed E-state index contributed by atoms with van der Waals surface area (Å²) in [6, 6.07) is 12.4.